The smallest absolute Gasteiger partial charge is 0.290 e. The molecule has 0 saturated heterocycles. The molecule has 1 atom stereocenters. The molecule has 122 valence electrons. The van der Waals surface area contributed by atoms with E-state index < -0.39 is 39.1 Å². The van der Waals surface area contributed by atoms with Crippen LogP contribution in [0.2, 0.25) is 0 Å². The first kappa shape index (κ1) is 19.6. The quantitative estimate of drug-likeness (QED) is 0.471. The molecule has 0 rings (SSSR count). The van der Waals surface area contributed by atoms with Crippen molar-refractivity contribution in [1.29, 1.82) is 0 Å². The van der Waals surface area contributed by atoms with Gasteiger partial charge in [-0.3, -0.25) is 9.05 Å². The summed E-state index contributed by atoms with van der Waals surface area (Å²) in [6.45, 7) is -2.09. The molecule has 0 spiro atoms. The predicted octanol–water partition coefficient (Wildman–Crippen LogP) is 4.02. The van der Waals surface area contributed by atoms with Crippen molar-refractivity contribution in [3.8, 4) is 0 Å². The summed E-state index contributed by atoms with van der Waals surface area (Å²) in [6.07, 6.45) is -5.85. The maximum atomic E-state index is 13.0. The van der Waals surface area contributed by atoms with Crippen LogP contribution in [0.4, 0.5) is 30.7 Å². The molecule has 0 aliphatic heterocycles. The highest BCUT2D eigenvalue weighted by Gasteiger charge is 2.75. The lowest BCUT2D eigenvalue weighted by Gasteiger charge is -2.31. The molecule has 0 amide bonds. The van der Waals surface area contributed by atoms with Gasteiger partial charge in [-0.25, -0.2) is 13.5 Å². The number of alkyl halides is 7. The number of halogens is 7. The zero-order valence-electron chi connectivity index (χ0n) is 10.3. The van der Waals surface area contributed by atoms with E-state index in [0.29, 0.717) is 7.11 Å². The minimum atomic E-state index is -6.25. The fourth-order valence-corrected chi connectivity index (χ4v) is 1.85. The summed E-state index contributed by atoms with van der Waals surface area (Å²) in [5.74, 6) is -12.0. The van der Waals surface area contributed by atoms with Crippen LogP contribution in [0.3, 0.4) is 0 Å². The van der Waals surface area contributed by atoms with E-state index in [1.807, 2.05) is 0 Å². The Bertz CT molecular complexity index is 363. The molecule has 20 heavy (non-hydrogen) atoms. The van der Waals surface area contributed by atoms with Gasteiger partial charge in [-0.05, 0) is 6.42 Å². The van der Waals surface area contributed by atoms with Gasteiger partial charge in [-0.15, -0.1) is 0 Å². The average Bonchev–Trinajstić information content (AvgIpc) is 2.35. The molecule has 1 unspecified atom stereocenters. The Balaban J connectivity index is 5.27. The van der Waals surface area contributed by atoms with Crippen LogP contribution in [0, 0.1) is 0 Å². The molecule has 0 radical (unpaired) electrons. The van der Waals surface area contributed by atoms with Crippen molar-refractivity contribution in [2.75, 3.05) is 20.4 Å². The van der Waals surface area contributed by atoms with Gasteiger partial charge in [0.25, 0.3) is 0 Å². The average molecular weight is 336 g/mol. The van der Waals surface area contributed by atoms with E-state index in [1.54, 1.807) is 0 Å². The molecule has 0 aromatic rings. The fraction of sp³-hybridized carbons (Fsp3) is 1.00. The van der Waals surface area contributed by atoms with Crippen LogP contribution in [0.25, 0.3) is 0 Å². The summed E-state index contributed by atoms with van der Waals surface area (Å²) in [4.78, 5) is 0. The monoisotopic (exact) mass is 336 g/mol. The first-order chi connectivity index (χ1) is 8.89. The second-order valence-corrected chi connectivity index (χ2v) is 5.18. The molecule has 4 nitrogen and oxygen atoms in total. The SMILES string of the molecule is CCCOP(=O)(OC)OC(F)(F)C(F)(F)C(F)(F)CF. The highest BCUT2D eigenvalue weighted by molar-refractivity contribution is 7.48. The number of rotatable bonds is 9. The molecule has 0 aliphatic rings. The minimum absolute atomic E-state index is 0.124. The summed E-state index contributed by atoms with van der Waals surface area (Å²) < 4.78 is 111. The van der Waals surface area contributed by atoms with Crippen LogP contribution < -0.4 is 0 Å². The van der Waals surface area contributed by atoms with Gasteiger partial charge < -0.3 is 0 Å². The third kappa shape index (κ3) is 4.06. The molecule has 0 saturated carbocycles. The number of hydrogen-bond acceptors (Lipinski definition) is 4. The molecule has 12 heteroatoms. The first-order valence-corrected chi connectivity index (χ1v) is 6.55. The Morgan fingerprint density at radius 1 is 1.10 bits per heavy atom. The van der Waals surface area contributed by atoms with E-state index in [0.717, 1.165) is 0 Å². The molecule has 0 bridgehead atoms. The zero-order chi connectivity index (χ0) is 16.2. The van der Waals surface area contributed by atoms with Crippen LogP contribution >= 0.6 is 7.82 Å². The van der Waals surface area contributed by atoms with Crippen molar-refractivity contribution in [3.05, 3.63) is 0 Å². The van der Waals surface area contributed by atoms with Gasteiger partial charge in [0.1, 0.15) is 0 Å². The van der Waals surface area contributed by atoms with Gasteiger partial charge in [0.15, 0.2) is 6.67 Å². The van der Waals surface area contributed by atoms with Gasteiger partial charge in [0, 0.05) is 7.11 Å². The predicted molar refractivity (Wildman–Crippen MR) is 52.8 cm³/mol. The molecule has 0 fully saturated rings. The standard InChI is InChI=1S/C8H12F7O4P/c1-3-4-18-20(16,17-2)19-8(14,15)7(12,13)6(10,11)5-9/h3-5H2,1-2H3. The lowest BCUT2D eigenvalue weighted by molar-refractivity contribution is -0.377. The first-order valence-electron chi connectivity index (χ1n) is 5.09. The third-order valence-electron chi connectivity index (χ3n) is 1.90. The normalized spacial score (nSPS) is 17.1. The van der Waals surface area contributed by atoms with Crippen molar-refractivity contribution in [2.24, 2.45) is 0 Å². The summed E-state index contributed by atoms with van der Waals surface area (Å²) in [6, 6.07) is 0. The lowest BCUT2D eigenvalue weighted by Crippen LogP contribution is -2.56. The molecular weight excluding hydrogens is 324 g/mol. The van der Waals surface area contributed by atoms with E-state index in [-0.39, 0.29) is 6.42 Å². The molecule has 0 aromatic carbocycles. The highest BCUT2D eigenvalue weighted by atomic mass is 31.2. The Kier molecular flexibility index (Phi) is 6.46. The summed E-state index contributed by atoms with van der Waals surface area (Å²) in [5.41, 5.74) is 0. The van der Waals surface area contributed by atoms with Crippen molar-refractivity contribution in [1.82, 2.24) is 0 Å². The Labute approximate surface area is 109 Å². The summed E-state index contributed by atoms with van der Waals surface area (Å²) in [7, 11) is -4.67. The van der Waals surface area contributed by atoms with Gasteiger partial charge in [-0.2, -0.15) is 26.3 Å². The van der Waals surface area contributed by atoms with Gasteiger partial charge in [0.2, 0.25) is 0 Å². The van der Waals surface area contributed by atoms with E-state index >= 15 is 0 Å². The number of phosphoric acid groups is 1. The third-order valence-corrected chi connectivity index (χ3v) is 3.30. The summed E-state index contributed by atoms with van der Waals surface area (Å²) >= 11 is 0. The van der Waals surface area contributed by atoms with Crippen LogP contribution in [0.1, 0.15) is 13.3 Å². The number of phosphoric ester groups is 1. The minimum Gasteiger partial charge on any atom is -0.290 e. The van der Waals surface area contributed by atoms with Crippen molar-refractivity contribution in [2.45, 2.75) is 31.3 Å². The van der Waals surface area contributed by atoms with E-state index in [2.05, 4.69) is 13.6 Å². The van der Waals surface area contributed by atoms with Crippen LogP contribution in [-0.4, -0.2) is 38.3 Å². The molecule has 0 aromatic heterocycles. The van der Waals surface area contributed by atoms with Gasteiger partial charge in [0.05, 0.1) is 6.61 Å². The largest absolute Gasteiger partial charge is 0.479 e. The second-order valence-electron chi connectivity index (χ2n) is 3.48. The maximum absolute atomic E-state index is 13.0. The van der Waals surface area contributed by atoms with Gasteiger partial charge >= 0.3 is 25.8 Å². The van der Waals surface area contributed by atoms with Crippen molar-refractivity contribution < 1.29 is 48.9 Å². The van der Waals surface area contributed by atoms with Crippen LogP contribution in [0.15, 0.2) is 0 Å². The fourth-order valence-electron chi connectivity index (χ4n) is 0.814. The van der Waals surface area contributed by atoms with Crippen LogP contribution in [0.5, 0.6) is 0 Å². The van der Waals surface area contributed by atoms with E-state index in [4.69, 9.17) is 0 Å². The highest BCUT2D eigenvalue weighted by Crippen LogP contribution is 2.58. The Morgan fingerprint density at radius 2 is 1.60 bits per heavy atom. The summed E-state index contributed by atoms with van der Waals surface area (Å²) in [5, 5.41) is 0. The topological polar surface area (TPSA) is 44.8 Å². The lowest BCUT2D eigenvalue weighted by atomic mass is 10.2. The van der Waals surface area contributed by atoms with E-state index in [9.17, 15) is 35.3 Å². The second kappa shape index (κ2) is 6.59. The molecule has 0 aliphatic carbocycles. The van der Waals surface area contributed by atoms with E-state index in [1.165, 1.54) is 6.92 Å². The maximum Gasteiger partial charge on any atom is 0.479 e. The zero-order valence-corrected chi connectivity index (χ0v) is 11.2. The van der Waals surface area contributed by atoms with Crippen LogP contribution in [-0.2, 0) is 18.1 Å². The Hall–Kier alpha value is -0.380. The molecule has 0 heterocycles. The molecular formula is C8H12F7O4P. The van der Waals surface area contributed by atoms with Crippen molar-refractivity contribution in [3.63, 3.8) is 0 Å². The number of hydrogen-bond donors (Lipinski definition) is 0. The van der Waals surface area contributed by atoms with Gasteiger partial charge in [-0.1, -0.05) is 6.92 Å². The Morgan fingerprint density at radius 3 is 1.95 bits per heavy atom. The molecule has 0 N–H and O–H groups in total. The van der Waals surface area contributed by atoms with Crippen molar-refractivity contribution >= 4 is 7.82 Å².